The summed E-state index contributed by atoms with van der Waals surface area (Å²) < 4.78 is 32.2. The number of aryl methyl sites for hydroxylation is 1. The quantitative estimate of drug-likeness (QED) is 0.441. The highest BCUT2D eigenvalue weighted by atomic mass is 19.3. The molecule has 5 nitrogen and oxygen atoms in total. The predicted octanol–water partition coefficient (Wildman–Crippen LogP) is 6.24. The van der Waals surface area contributed by atoms with Crippen LogP contribution >= 0.6 is 0 Å². The lowest BCUT2D eigenvalue weighted by Crippen LogP contribution is -2.35. The fourth-order valence-electron chi connectivity index (χ4n) is 4.51. The van der Waals surface area contributed by atoms with Crippen LogP contribution in [-0.4, -0.2) is 24.6 Å². The number of alkyl halides is 2. The summed E-state index contributed by atoms with van der Waals surface area (Å²) in [5.74, 6) is -3.21. The molecule has 0 fully saturated rings. The summed E-state index contributed by atoms with van der Waals surface area (Å²) in [4.78, 5) is 25.0. The zero-order valence-electron chi connectivity index (χ0n) is 20.0. The minimum absolute atomic E-state index is 0.0446. The summed E-state index contributed by atoms with van der Waals surface area (Å²) in [6.45, 7) is 4.83. The number of anilines is 1. The molecule has 2 amide bonds. The molecule has 1 aliphatic carbocycles. The van der Waals surface area contributed by atoms with Gasteiger partial charge in [0.25, 0.3) is 11.8 Å². The average molecular weight is 479 g/mol. The Labute approximate surface area is 203 Å². The van der Waals surface area contributed by atoms with E-state index in [9.17, 15) is 18.4 Å². The molecule has 2 N–H and O–H groups in total. The molecule has 0 radical (unpaired) electrons. The van der Waals surface area contributed by atoms with Gasteiger partial charge in [-0.05, 0) is 72.7 Å². The first-order valence-electron chi connectivity index (χ1n) is 11.6. The highest BCUT2D eigenvalue weighted by Gasteiger charge is 2.25. The second-order valence-corrected chi connectivity index (χ2v) is 8.87. The molecule has 7 heteroatoms. The van der Waals surface area contributed by atoms with Crippen LogP contribution in [0, 0.1) is 6.92 Å². The van der Waals surface area contributed by atoms with E-state index in [0.717, 1.165) is 23.6 Å². The number of alkyl carbamates (subject to hydrolysis) is 1. The fourth-order valence-corrected chi connectivity index (χ4v) is 4.51. The minimum atomic E-state index is -2.93. The number of hydrogen-bond donors (Lipinski definition) is 2. The van der Waals surface area contributed by atoms with Gasteiger partial charge in [-0.1, -0.05) is 42.5 Å². The Hall–Kier alpha value is -3.74. The number of rotatable bonds is 6. The van der Waals surface area contributed by atoms with Crippen LogP contribution in [0.25, 0.3) is 11.1 Å². The SMILES string of the molecule is CCOC(=O)N[C@H]1Cc2ccc(NC(=O)c3cccc(C)c3-c3ccc(C(C)(F)F)cc3)cc2C1. The zero-order valence-corrected chi connectivity index (χ0v) is 20.0. The van der Waals surface area contributed by atoms with E-state index >= 15 is 0 Å². The largest absolute Gasteiger partial charge is 0.450 e. The van der Waals surface area contributed by atoms with Gasteiger partial charge in [0.2, 0.25) is 0 Å². The molecule has 0 aromatic heterocycles. The Morgan fingerprint density at radius 3 is 2.43 bits per heavy atom. The minimum Gasteiger partial charge on any atom is -0.450 e. The lowest BCUT2D eigenvalue weighted by Gasteiger charge is -2.15. The Kier molecular flexibility index (Phi) is 6.87. The van der Waals surface area contributed by atoms with E-state index < -0.39 is 12.0 Å². The van der Waals surface area contributed by atoms with Gasteiger partial charge in [-0.2, -0.15) is 0 Å². The first-order valence-corrected chi connectivity index (χ1v) is 11.6. The van der Waals surface area contributed by atoms with Gasteiger partial charge in [-0.25, -0.2) is 13.6 Å². The number of hydrogen-bond acceptors (Lipinski definition) is 3. The Bertz CT molecular complexity index is 1250. The summed E-state index contributed by atoms with van der Waals surface area (Å²) in [5.41, 5.74) is 5.49. The van der Waals surface area contributed by atoms with Gasteiger partial charge >= 0.3 is 6.09 Å². The summed E-state index contributed by atoms with van der Waals surface area (Å²) in [6.07, 6.45) is 0.931. The van der Waals surface area contributed by atoms with E-state index in [1.165, 1.54) is 12.1 Å². The molecule has 0 saturated carbocycles. The Balaban J connectivity index is 1.53. The van der Waals surface area contributed by atoms with Crippen molar-refractivity contribution in [2.45, 2.75) is 45.6 Å². The summed E-state index contributed by atoms with van der Waals surface area (Å²) in [7, 11) is 0. The molecule has 1 aliphatic rings. The smallest absolute Gasteiger partial charge is 0.407 e. The van der Waals surface area contributed by atoms with Gasteiger partial charge in [0.15, 0.2) is 0 Å². The van der Waals surface area contributed by atoms with Gasteiger partial charge in [-0.3, -0.25) is 4.79 Å². The summed E-state index contributed by atoms with van der Waals surface area (Å²) >= 11 is 0. The standard InChI is InChI=1S/C28H28F2N2O3/c1-4-35-27(34)32-23-14-19-10-13-22(15-20(19)16-23)31-26(33)24-7-5-6-17(2)25(24)18-8-11-21(12-9-18)28(3,29)30/h5-13,15,23H,4,14,16H2,1-3H3,(H,31,33)(H,32,34)/t23-/m0/s1. The third-order valence-electron chi connectivity index (χ3n) is 6.19. The second-order valence-electron chi connectivity index (χ2n) is 8.87. The molecule has 182 valence electrons. The first-order chi connectivity index (χ1) is 16.7. The average Bonchev–Trinajstić information content (AvgIpc) is 3.20. The van der Waals surface area contributed by atoms with Crippen LogP contribution in [0.3, 0.4) is 0 Å². The Morgan fingerprint density at radius 1 is 1.03 bits per heavy atom. The molecule has 1 atom stereocenters. The monoisotopic (exact) mass is 478 g/mol. The zero-order chi connectivity index (χ0) is 25.2. The topological polar surface area (TPSA) is 67.4 Å². The molecular formula is C28H28F2N2O3. The van der Waals surface area contributed by atoms with Crippen molar-refractivity contribution in [1.29, 1.82) is 0 Å². The molecule has 3 aromatic carbocycles. The van der Waals surface area contributed by atoms with Crippen LogP contribution < -0.4 is 10.6 Å². The third-order valence-corrected chi connectivity index (χ3v) is 6.19. The van der Waals surface area contributed by atoms with Gasteiger partial charge in [0.1, 0.15) is 0 Å². The molecule has 0 heterocycles. The van der Waals surface area contributed by atoms with Gasteiger partial charge in [0.05, 0.1) is 6.61 Å². The van der Waals surface area contributed by atoms with Crippen molar-refractivity contribution in [1.82, 2.24) is 5.32 Å². The number of benzene rings is 3. The molecule has 4 rings (SSSR count). The first kappa shape index (κ1) is 24.4. The Morgan fingerprint density at radius 2 is 1.74 bits per heavy atom. The molecule has 3 aromatic rings. The lowest BCUT2D eigenvalue weighted by molar-refractivity contribution is 0.0175. The molecule has 35 heavy (non-hydrogen) atoms. The molecule has 0 bridgehead atoms. The van der Waals surface area contributed by atoms with Crippen molar-refractivity contribution in [2.75, 3.05) is 11.9 Å². The highest BCUT2D eigenvalue weighted by Crippen LogP contribution is 2.33. The van der Waals surface area contributed by atoms with E-state index in [0.29, 0.717) is 41.8 Å². The third kappa shape index (κ3) is 5.50. The predicted molar refractivity (Wildman–Crippen MR) is 132 cm³/mol. The highest BCUT2D eigenvalue weighted by molar-refractivity contribution is 6.09. The van der Waals surface area contributed by atoms with E-state index in [-0.39, 0.29) is 17.5 Å². The van der Waals surface area contributed by atoms with Crippen LogP contribution in [-0.2, 0) is 23.5 Å². The van der Waals surface area contributed by atoms with Crippen molar-refractivity contribution >= 4 is 17.7 Å². The number of nitrogens with one attached hydrogen (secondary N) is 2. The van der Waals surface area contributed by atoms with Crippen molar-refractivity contribution in [3.05, 3.63) is 88.5 Å². The van der Waals surface area contributed by atoms with Crippen LogP contribution in [0.2, 0.25) is 0 Å². The number of halogens is 2. The van der Waals surface area contributed by atoms with Crippen molar-refractivity contribution < 1.29 is 23.1 Å². The van der Waals surface area contributed by atoms with Crippen LogP contribution in [0.15, 0.2) is 60.7 Å². The van der Waals surface area contributed by atoms with E-state index in [1.54, 1.807) is 31.2 Å². The van der Waals surface area contributed by atoms with E-state index in [2.05, 4.69) is 10.6 Å². The number of carbonyl (C=O) groups is 2. The van der Waals surface area contributed by atoms with Crippen molar-refractivity contribution in [3.8, 4) is 11.1 Å². The molecular weight excluding hydrogens is 450 g/mol. The normalized spacial score (nSPS) is 14.8. The molecule has 0 unspecified atom stereocenters. The van der Waals surface area contributed by atoms with Crippen LogP contribution in [0.1, 0.15) is 46.5 Å². The van der Waals surface area contributed by atoms with Crippen molar-refractivity contribution in [3.63, 3.8) is 0 Å². The lowest BCUT2D eigenvalue weighted by atomic mass is 9.93. The number of fused-ring (bicyclic) bond motifs is 1. The maximum absolute atomic E-state index is 13.6. The molecule has 0 saturated heterocycles. The van der Waals surface area contributed by atoms with E-state index in [4.69, 9.17) is 4.74 Å². The second kappa shape index (κ2) is 9.86. The molecule has 0 aliphatic heterocycles. The molecule has 0 spiro atoms. The number of ether oxygens (including phenoxy) is 1. The maximum Gasteiger partial charge on any atom is 0.407 e. The van der Waals surface area contributed by atoms with E-state index in [1.807, 2.05) is 31.2 Å². The van der Waals surface area contributed by atoms with Gasteiger partial charge in [-0.15, -0.1) is 0 Å². The number of amides is 2. The van der Waals surface area contributed by atoms with Gasteiger partial charge in [0, 0.05) is 29.8 Å². The summed E-state index contributed by atoms with van der Waals surface area (Å²) in [5, 5.41) is 5.83. The van der Waals surface area contributed by atoms with Crippen LogP contribution in [0.4, 0.5) is 19.3 Å². The summed E-state index contributed by atoms with van der Waals surface area (Å²) in [6, 6.07) is 17.1. The van der Waals surface area contributed by atoms with Gasteiger partial charge < -0.3 is 15.4 Å². The maximum atomic E-state index is 13.6. The van der Waals surface area contributed by atoms with Crippen molar-refractivity contribution in [2.24, 2.45) is 0 Å². The number of carbonyl (C=O) groups excluding carboxylic acids is 2. The fraction of sp³-hybridized carbons (Fsp3) is 0.286. The van der Waals surface area contributed by atoms with Crippen LogP contribution in [0.5, 0.6) is 0 Å².